The van der Waals surface area contributed by atoms with Crippen LogP contribution in [0.25, 0.3) is 11.0 Å². The van der Waals surface area contributed by atoms with Crippen LogP contribution in [0.3, 0.4) is 0 Å². The predicted molar refractivity (Wildman–Crippen MR) is 71.7 cm³/mol. The number of halogens is 5. The molecule has 0 unspecified atom stereocenters. The number of ether oxygens (including phenoxy) is 1. The first-order valence-electron chi connectivity index (χ1n) is 5.50. The van der Waals surface area contributed by atoms with E-state index in [-0.39, 0.29) is 17.6 Å². The van der Waals surface area contributed by atoms with Crippen LogP contribution in [0, 0.1) is 10.6 Å². The van der Waals surface area contributed by atoms with Gasteiger partial charge in [-0.3, -0.25) is 0 Å². The number of hydrogen-bond acceptors (Lipinski definition) is 2. The predicted octanol–water partition coefficient (Wildman–Crippen LogP) is 4.18. The summed E-state index contributed by atoms with van der Waals surface area (Å²) in [6, 6.07) is 2.78. The van der Waals surface area contributed by atoms with Crippen molar-refractivity contribution in [3.8, 4) is 0 Å². The molecule has 1 heterocycles. The number of H-pyrrole nitrogens is 1. The number of imidazole rings is 1. The van der Waals surface area contributed by atoms with Gasteiger partial charge < -0.3 is 14.3 Å². The minimum Gasteiger partial charge on any atom is -0.370 e. The largest absolute Gasteiger partial charge is 0.411 e. The lowest BCUT2D eigenvalue weighted by Crippen LogP contribution is -2.19. The van der Waals surface area contributed by atoms with Gasteiger partial charge in [-0.05, 0) is 34.2 Å². The molecule has 0 radical (unpaired) electrons. The van der Waals surface area contributed by atoms with Crippen LogP contribution >= 0.6 is 28.1 Å². The highest BCUT2D eigenvalue weighted by molar-refractivity contribution is 9.10. The number of alkyl halides is 3. The van der Waals surface area contributed by atoms with E-state index in [0.29, 0.717) is 15.8 Å². The Bertz CT molecular complexity index is 679. The van der Waals surface area contributed by atoms with Crippen molar-refractivity contribution >= 4 is 39.2 Å². The van der Waals surface area contributed by atoms with E-state index in [4.69, 9.17) is 12.2 Å². The van der Waals surface area contributed by atoms with E-state index in [1.165, 1.54) is 12.1 Å². The van der Waals surface area contributed by atoms with Crippen LogP contribution in [-0.2, 0) is 11.3 Å². The monoisotopic (exact) mass is 372 g/mol. The van der Waals surface area contributed by atoms with Crippen LogP contribution in [0.1, 0.15) is 0 Å². The Morgan fingerprint density at radius 2 is 2.05 bits per heavy atom. The van der Waals surface area contributed by atoms with Crippen molar-refractivity contribution in [2.45, 2.75) is 12.7 Å². The lowest BCUT2D eigenvalue weighted by molar-refractivity contribution is -0.174. The summed E-state index contributed by atoms with van der Waals surface area (Å²) in [6.07, 6.45) is -4.35. The Labute approximate surface area is 124 Å². The Hall–Kier alpha value is -0.930. The molecule has 0 spiro atoms. The summed E-state index contributed by atoms with van der Waals surface area (Å²) in [4.78, 5) is 2.79. The molecule has 2 rings (SSSR count). The van der Waals surface area contributed by atoms with Crippen molar-refractivity contribution < 1.29 is 22.3 Å². The van der Waals surface area contributed by atoms with E-state index in [1.807, 2.05) is 0 Å². The minimum absolute atomic E-state index is 0.143. The zero-order chi connectivity index (χ0) is 14.9. The first-order chi connectivity index (χ1) is 9.28. The lowest BCUT2D eigenvalue weighted by Gasteiger charge is -2.08. The Morgan fingerprint density at radius 1 is 1.35 bits per heavy atom. The summed E-state index contributed by atoms with van der Waals surface area (Å²) in [5.74, 6) is -0.450. The van der Waals surface area contributed by atoms with Crippen LogP contribution in [0.15, 0.2) is 16.6 Å². The fourth-order valence-corrected chi connectivity index (χ4v) is 2.35. The molecule has 0 amide bonds. The normalized spacial score (nSPS) is 12.2. The Balaban J connectivity index is 2.16. The first-order valence-corrected chi connectivity index (χ1v) is 6.70. The minimum atomic E-state index is -4.35. The fourth-order valence-electron chi connectivity index (χ4n) is 1.72. The standard InChI is InChI=1S/C11H9BrF4N2OS/c12-6-3-9-8(4-7(6)13)17-10(20)18(9)1-2-19-5-11(14,15)16/h3-4H,1-2,5H2,(H,17,20). The van der Waals surface area contributed by atoms with Crippen molar-refractivity contribution in [1.29, 1.82) is 0 Å². The molecule has 1 aromatic heterocycles. The van der Waals surface area contributed by atoms with Gasteiger partial charge in [0.25, 0.3) is 0 Å². The van der Waals surface area contributed by atoms with Crippen LogP contribution in [0.5, 0.6) is 0 Å². The number of aromatic amines is 1. The molecule has 1 aromatic carbocycles. The highest BCUT2D eigenvalue weighted by Crippen LogP contribution is 2.23. The molecule has 20 heavy (non-hydrogen) atoms. The topological polar surface area (TPSA) is 29.9 Å². The summed E-state index contributed by atoms with van der Waals surface area (Å²) >= 11 is 8.11. The number of fused-ring (bicyclic) bond motifs is 1. The first kappa shape index (κ1) is 15.5. The molecule has 0 fully saturated rings. The Kier molecular flexibility index (Phi) is 4.50. The molecule has 2 aromatic rings. The van der Waals surface area contributed by atoms with Gasteiger partial charge in [-0.15, -0.1) is 0 Å². The van der Waals surface area contributed by atoms with Crippen LogP contribution < -0.4 is 0 Å². The van der Waals surface area contributed by atoms with Gasteiger partial charge in [0.05, 0.1) is 22.1 Å². The molecule has 0 aliphatic heterocycles. The number of nitrogens with zero attached hydrogens (tertiary/aromatic N) is 1. The molecule has 110 valence electrons. The summed E-state index contributed by atoms with van der Waals surface area (Å²) in [6.45, 7) is -1.30. The van der Waals surface area contributed by atoms with E-state index in [0.717, 1.165) is 0 Å². The van der Waals surface area contributed by atoms with E-state index in [1.54, 1.807) is 4.57 Å². The molecule has 0 saturated heterocycles. The van der Waals surface area contributed by atoms with Gasteiger partial charge in [-0.2, -0.15) is 13.2 Å². The van der Waals surface area contributed by atoms with E-state index in [2.05, 4.69) is 25.7 Å². The average Bonchev–Trinajstić information content (AvgIpc) is 2.60. The maximum atomic E-state index is 13.4. The van der Waals surface area contributed by atoms with E-state index >= 15 is 0 Å². The van der Waals surface area contributed by atoms with Crippen molar-refractivity contribution in [2.75, 3.05) is 13.2 Å². The quantitative estimate of drug-likeness (QED) is 0.495. The Morgan fingerprint density at radius 3 is 2.70 bits per heavy atom. The van der Waals surface area contributed by atoms with Gasteiger partial charge in [-0.1, -0.05) is 0 Å². The number of aromatic nitrogens is 2. The molecule has 1 N–H and O–H groups in total. The van der Waals surface area contributed by atoms with Crippen LogP contribution in [-0.4, -0.2) is 28.9 Å². The summed E-state index contributed by atoms with van der Waals surface area (Å²) in [5, 5.41) is 0. The molecule has 0 atom stereocenters. The highest BCUT2D eigenvalue weighted by Gasteiger charge is 2.27. The van der Waals surface area contributed by atoms with E-state index in [9.17, 15) is 17.6 Å². The van der Waals surface area contributed by atoms with Gasteiger partial charge in [0.15, 0.2) is 4.77 Å². The molecule has 0 bridgehead atoms. The van der Waals surface area contributed by atoms with Gasteiger partial charge in [0.2, 0.25) is 0 Å². The summed E-state index contributed by atoms with van der Waals surface area (Å²) < 4.78 is 55.9. The highest BCUT2D eigenvalue weighted by atomic mass is 79.9. The fraction of sp³-hybridized carbons (Fsp3) is 0.364. The molecular weight excluding hydrogens is 364 g/mol. The zero-order valence-electron chi connectivity index (χ0n) is 9.93. The van der Waals surface area contributed by atoms with Gasteiger partial charge >= 0.3 is 6.18 Å². The van der Waals surface area contributed by atoms with Crippen molar-refractivity contribution in [1.82, 2.24) is 9.55 Å². The third-order valence-corrected chi connectivity index (χ3v) is 3.47. The second-order valence-corrected chi connectivity index (χ2v) is 5.27. The number of nitrogens with one attached hydrogen (secondary N) is 1. The smallest absolute Gasteiger partial charge is 0.370 e. The SMILES string of the molecule is Fc1cc2[nH]c(=S)n(CCOCC(F)(F)F)c2cc1Br. The molecule has 9 heteroatoms. The van der Waals surface area contributed by atoms with Gasteiger partial charge in [-0.25, -0.2) is 4.39 Å². The van der Waals surface area contributed by atoms with Gasteiger partial charge in [0, 0.05) is 12.6 Å². The second-order valence-electron chi connectivity index (χ2n) is 4.03. The average molecular weight is 373 g/mol. The lowest BCUT2D eigenvalue weighted by atomic mass is 10.3. The molecular formula is C11H9BrF4N2OS. The maximum absolute atomic E-state index is 13.4. The number of benzene rings is 1. The molecule has 0 aliphatic carbocycles. The molecule has 0 saturated carbocycles. The van der Waals surface area contributed by atoms with Crippen molar-refractivity contribution in [2.24, 2.45) is 0 Å². The number of rotatable bonds is 4. The number of hydrogen-bond donors (Lipinski definition) is 1. The summed E-state index contributed by atoms with van der Waals surface area (Å²) in [7, 11) is 0. The van der Waals surface area contributed by atoms with Crippen molar-refractivity contribution in [3.05, 3.63) is 27.2 Å². The maximum Gasteiger partial charge on any atom is 0.411 e. The van der Waals surface area contributed by atoms with Crippen LogP contribution in [0.4, 0.5) is 17.6 Å². The van der Waals surface area contributed by atoms with Gasteiger partial charge in [0.1, 0.15) is 12.4 Å². The summed E-state index contributed by atoms with van der Waals surface area (Å²) in [5.41, 5.74) is 1.07. The zero-order valence-corrected chi connectivity index (χ0v) is 12.3. The van der Waals surface area contributed by atoms with E-state index < -0.39 is 18.6 Å². The second kappa shape index (κ2) is 5.82. The third-order valence-electron chi connectivity index (χ3n) is 2.54. The van der Waals surface area contributed by atoms with Crippen LogP contribution in [0.2, 0.25) is 0 Å². The van der Waals surface area contributed by atoms with Crippen molar-refractivity contribution in [3.63, 3.8) is 0 Å². The molecule has 0 aliphatic rings. The third kappa shape index (κ3) is 3.58. The molecule has 3 nitrogen and oxygen atoms in total.